The molecule has 84 valence electrons. The molecular formula is C13H19N3+2. The van der Waals surface area contributed by atoms with E-state index < -0.39 is 0 Å². The number of benzene rings is 1. The predicted molar refractivity (Wildman–Crippen MR) is 61.5 cm³/mol. The van der Waals surface area contributed by atoms with Crippen molar-refractivity contribution in [1.29, 1.82) is 5.26 Å². The van der Waals surface area contributed by atoms with Gasteiger partial charge >= 0.3 is 0 Å². The normalized spacial score (nSPS) is 25.0. The van der Waals surface area contributed by atoms with Crippen molar-refractivity contribution in [2.45, 2.75) is 25.4 Å². The Balaban J connectivity index is 1.96. The summed E-state index contributed by atoms with van der Waals surface area (Å²) >= 11 is 0. The molecule has 1 saturated heterocycles. The van der Waals surface area contributed by atoms with Crippen LogP contribution in [0.15, 0.2) is 24.3 Å². The molecule has 0 radical (unpaired) electrons. The van der Waals surface area contributed by atoms with Crippen LogP contribution in [0.3, 0.4) is 0 Å². The maximum atomic E-state index is 8.84. The molecule has 2 rings (SSSR count). The third kappa shape index (κ3) is 2.82. The average molecular weight is 217 g/mol. The first kappa shape index (κ1) is 11.1. The molecule has 0 unspecified atom stereocenters. The summed E-state index contributed by atoms with van der Waals surface area (Å²) in [5.41, 5.74) is 6.15. The number of nitrogens with zero attached hydrogens (tertiary/aromatic N) is 1. The average Bonchev–Trinajstić information content (AvgIpc) is 2.32. The number of hydrogen-bond donors (Lipinski definition) is 2. The van der Waals surface area contributed by atoms with Crippen molar-refractivity contribution < 1.29 is 10.6 Å². The van der Waals surface area contributed by atoms with Gasteiger partial charge in [0.05, 0.1) is 30.8 Å². The van der Waals surface area contributed by atoms with Crippen LogP contribution in [-0.4, -0.2) is 19.1 Å². The number of nitriles is 1. The number of likely N-dealkylation sites (tertiary alicyclic amines) is 1. The molecular weight excluding hydrogens is 198 g/mol. The fraction of sp³-hybridized carbons (Fsp3) is 0.462. The molecule has 0 atom stereocenters. The number of nitrogens with one attached hydrogen (secondary N) is 1. The highest BCUT2D eigenvalue weighted by atomic mass is 15.1. The third-order valence-electron chi connectivity index (χ3n) is 3.32. The van der Waals surface area contributed by atoms with E-state index in [0.29, 0.717) is 6.04 Å². The summed E-state index contributed by atoms with van der Waals surface area (Å²) in [6, 6.07) is 10.8. The Labute approximate surface area is 96.5 Å². The van der Waals surface area contributed by atoms with E-state index in [9.17, 15) is 0 Å². The Kier molecular flexibility index (Phi) is 3.55. The second-order valence-electron chi connectivity index (χ2n) is 4.68. The Morgan fingerprint density at radius 3 is 2.81 bits per heavy atom. The van der Waals surface area contributed by atoms with Gasteiger partial charge in [-0.15, -0.1) is 0 Å². The lowest BCUT2D eigenvalue weighted by Gasteiger charge is -2.25. The Hall–Kier alpha value is -1.37. The zero-order chi connectivity index (χ0) is 11.4. The van der Waals surface area contributed by atoms with E-state index in [1.807, 2.05) is 18.2 Å². The summed E-state index contributed by atoms with van der Waals surface area (Å²) < 4.78 is 0. The molecule has 1 aromatic rings. The molecule has 3 heteroatoms. The molecule has 1 fully saturated rings. The zero-order valence-corrected chi connectivity index (χ0v) is 9.58. The van der Waals surface area contributed by atoms with Crippen molar-refractivity contribution in [1.82, 2.24) is 0 Å². The zero-order valence-electron chi connectivity index (χ0n) is 9.58. The van der Waals surface area contributed by atoms with E-state index in [1.54, 1.807) is 4.90 Å². The molecule has 0 aromatic heterocycles. The molecule has 0 amide bonds. The molecule has 1 aliphatic rings. The summed E-state index contributed by atoms with van der Waals surface area (Å²) in [4.78, 5) is 1.62. The minimum absolute atomic E-state index is 0.647. The van der Waals surface area contributed by atoms with Gasteiger partial charge in [0.25, 0.3) is 0 Å². The van der Waals surface area contributed by atoms with E-state index in [0.717, 1.165) is 12.1 Å². The molecule has 0 bridgehead atoms. The van der Waals surface area contributed by atoms with Crippen LogP contribution in [0.1, 0.15) is 24.0 Å². The van der Waals surface area contributed by atoms with E-state index in [4.69, 9.17) is 5.26 Å². The Morgan fingerprint density at radius 1 is 1.38 bits per heavy atom. The Bertz CT molecular complexity index is 386. The van der Waals surface area contributed by atoms with Crippen LogP contribution >= 0.6 is 0 Å². The minimum Gasteiger partial charge on any atom is -0.355 e. The van der Waals surface area contributed by atoms with Crippen molar-refractivity contribution in [3.63, 3.8) is 0 Å². The third-order valence-corrected chi connectivity index (χ3v) is 3.32. The lowest BCUT2D eigenvalue weighted by molar-refractivity contribution is -0.922. The molecule has 0 aliphatic carbocycles. The van der Waals surface area contributed by atoms with Crippen LogP contribution in [0.5, 0.6) is 0 Å². The summed E-state index contributed by atoms with van der Waals surface area (Å²) in [6.07, 6.45) is 2.46. The van der Waals surface area contributed by atoms with Gasteiger partial charge in [0.15, 0.2) is 0 Å². The minimum atomic E-state index is 0.647. The van der Waals surface area contributed by atoms with Crippen LogP contribution in [-0.2, 0) is 6.54 Å². The van der Waals surface area contributed by atoms with Crippen LogP contribution in [0, 0.1) is 11.3 Å². The molecule has 1 aliphatic heterocycles. The van der Waals surface area contributed by atoms with Crippen LogP contribution in [0.25, 0.3) is 0 Å². The number of hydrogen-bond acceptors (Lipinski definition) is 1. The fourth-order valence-corrected chi connectivity index (χ4v) is 2.30. The lowest BCUT2D eigenvalue weighted by atomic mass is 10.0. The maximum absolute atomic E-state index is 8.84. The standard InChI is InChI=1S/C13H17N3/c14-9-11-2-1-3-12(8-11)10-16-6-4-13(15)5-7-16/h1-3,8,13H,4-7,10,15H2/p+2. The van der Waals surface area contributed by atoms with Crippen molar-refractivity contribution in [2.75, 3.05) is 13.1 Å². The topological polar surface area (TPSA) is 55.9 Å². The summed E-state index contributed by atoms with van der Waals surface area (Å²) in [5, 5.41) is 8.84. The Morgan fingerprint density at radius 2 is 2.12 bits per heavy atom. The predicted octanol–water partition coefficient (Wildman–Crippen LogP) is -0.653. The smallest absolute Gasteiger partial charge is 0.103 e. The molecule has 3 nitrogen and oxygen atoms in total. The van der Waals surface area contributed by atoms with Gasteiger partial charge in [0, 0.05) is 18.4 Å². The summed E-state index contributed by atoms with van der Waals surface area (Å²) in [6.45, 7) is 3.47. The number of rotatable bonds is 2. The first-order valence-electron chi connectivity index (χ1n) is 5.93. The van der Waals surface area contributed by atoms with Crippen LogP contribution in [0.2, 0.25) is 0 Å². The lowest BCUT2D eigenvalue weighted by Crippen LogP contribution is -3.12. The van der Waals surface area contributed by atoms with E-state index in [2.05, 4.69) is 17.9 Å². The van der Waals surface area contributed by atoms with Gasteiger partial charge in [0.1, 0.15) is 6.54 Å². The van der Waals surface area contributed by atoms with Gasteiger partial charge in [0.2, 0.25) is 0 Å². The fourth-order valence-electron chi connectivity index (χ4n) is 2.30. The first-order valence-corrected chi connectivity index (χ1v) is 5.93. The quantitative estimate of drug-likeness (QED) is 0.679. The van der Waals surface area contributed by atoms with Gasteiger partial charge < -0.3 is 10.6 Å². The molecule has 0 saturated carbocycles. The van der Waals surface area contributed by atoms with E-state index in [1.165, 1.54) is 31.5 Å². The molecule has 1 heterocycles. The largest absolute Gasteiger partial charge is 0.355 e. The number of piperidine rings is 1. The van der Waals surface area contributed by atoms with E-state index >= 15 is 0 Å². The molecule has 16 heavy (non-hydrogen) atoms. The van der Waals surface area contributed by atoms with Gasteiger partial charge in [-0.2, -0.15) is 5.26 Å². The summed E-state index contributed by atoms with van der Waals surface area (Å²) in [5.74, 6) is 0. The van der Waals surface area contributed by atoms with Crippen molar-refractivity contribution in [3.8, 4) is 6.07 Å². The van der Waals surface area contributed by atoms with Gasteiger partial charge in [-0.3, -0.25) is 0 Å². The summed E-state index contributed by atoms with van der Waals surface area (Å²) in [7, 11) is 0. The highest BCUT2D eigenvalue weighted by Gasteiger charge is 2.21. The van der Waals surface area contributed by atoms with Crippen LogP contribution < -0.4 is 10.6 Å². The van der Waals surface area contributed by atoms with Gasteiger partial charge in [-0.05, 0) is 12.1 Å². The number of quaternary nitrogens is 2. The SMILES string of the molecule is N#Cc1cccc(C[NH+]2CCC([NH3+])CC2)c1. The monoisotopic (exact) mass is 217 g/mol. The van der Waals surface area contributed by atoms with Crippen molar-refractivity contribution >= 4 is 0 Å². The van der Waals surface area contributed by atoms with Gasteiger partial charge in [-0.25, -0.2) is 0 Å². The first-order chi connectivity index (χ1) is 7.78. The highest BCUT2D eigenvalue weighted by molar-refractivity contribution is 5.32. The molecule has 4 N–H and O–H groups in total. The van der Waals surface area contributed by atoms with Crippen molar-refractivity contribution in [2.24, 2.45) is 0 Å². The maximum Gasteiger partial charge on any atom is 0.103 e. The second-order valence-corrected chi connectivity index (χ2v) is 4.68. The van der Waals surface area contributed by atoms with Crippen LogP contribution in [0.4, 0.5) is 0 Å². The van der Waals surface area contributed by atoms with E-state index in [-0.39, 0.29) is 0 Å². The van der Waals surface area contributed by atoms with Crippen molar-refractivity contribution in [3.05, 3.63) is 35.4 Å². The molecule has 1 aromatic carbocycles. The second kappa shape index (κ2) is 5.11. The highest BCUT2D eigenvalue weighted by Crippen LogP contribution is 2.03. The van der Waals surface area contributed by atoms with Gasteiger partial charge in [-0.1, -0.05) is 12.1 Å². The molecule has 0 spiro atoms.